The van der Waals surface area contributed by atoms with Crippen molar-refractivity contribution < 1.29 is 4.74 Å². The summed E-state index contributed by atoms with van der Waals surface area (Å²) in [5.74, 6) is 0. The first kappa shape index (κ1) is 9.01. The summed E-state index contributed by atoms with van der Waals surface area (Å²) in [6, 6.07) is 0. The van der Waals surface area contributed by atoms with Crippen molar-refractivity contribution in [2.24, 2.45) is 5.41 Å². The molecular formula is C9H19NO. The minimum absolute atomic E-state index is 0.397. The Morgan fingerprint density at radius 1 is 1.55 bits per heavy atom. The lowest BCUT2D eigenvalue weighted by Crippen LogP contribution is -2.38. The van der Waals surface area contributed by atoms with E-state index in [4.69, 9.17) is 4.74 Å². The Morgan fingerprint density at radius 3 is 2.91 bits per heavy atom. The van der Waals surface area contributed by atoms with Gasteiger partial charge >= 0.3 is 0 Å². The Labute approximate surface area is 69.3 Å². The SMILES string of the molecule is CCNC[C@]1(C)CCCOC1. The van der Waals surface area contributed by atoms with Crippen molar-refractivity contribution in [3.63, 3.8) is 0 Å². The molecule has 11 heavy (non-hydrogen) atoms. The van der Waals surface area contributed by atoms with Crippen LogP contribution in [0.5, 0.6) is 0 Å². The molecule has 2 heteroatoms. The van der Waals surface area contributed by atoms with Gasteiger partial charge in [-0.3, -0.25) is 0 Å². The first-order chi connectivity index (χ1) is 5.27. The van der Waals surface area contributed by atoms with E-state index >= 15 is 0 Å². The van der Waals surface area contributed by atoms with Crippen LogP contribution in [0.25, 0.3) is 0 Å². The maximum absolute atomic E-state index is 5.44. The van der Waals surface area contributed by atoms with Crippen LogP contribution in [-0.4, -0.2) is 26.3 Å². The second-order valence-corrected chi connectivity index (χ2v) is 3.75. The van der Waals surface area contributed by atoms with E-state index in [-0.39, 0.29) is 0 Å². The zero-order valence-corrected chi connectivity index (χ0v) is 7.65. The van der Waals surface area contributed by atoms with Gasteiger partial charge in [0.05, 0.1) is 6.61 Å². The molecule has 0 aliphatic carbocycles. The molecule has 0 spiro atoms. The van der Waals surface area contributed by atoms with Gasteiger partial charge in [-0.2, -0.15) is 0 Å². The van der Waals surface area contributed by atoms with E-state index in [1.165, 1.54) is 12.8 Å². The highest BCUT2D eigenvalue weighted by Crippen LogP contribution is 2.26. The molecule has 2 nitrogen and oxygen atoms in total. The van der Waals surface area contributed by atoms with Crippen molar-refractivity contribution in [2.45, 2.75) is 26.7 Å². The van der Waals surface area contributed by atoms with Gasteiger partial charge in [-0.25, -0.2) is 0 Å². The normalized spacial score (nSPS) is 32.2. The predicted octanol–water partition coefficient (Wildman–Crippen LogP) is 1.41. The first-order valence-corrected chi connectivity index (χ1v) is 4.55. The molecule has 0 amide bonds. The second kappa shape index (κ2) is 4.07. The van der Waals surface area contributed by atoms with Gasteiger partial charge in [-0.05, 0) is 19.4 Å². The topological polar surface area (TPSA) is 21.3 Å². The van der Waals surface area contributed by atoms with Crippen LogP contribution in [0.3, 0.4) is 0 Å². The molecule has 1 heterocycles. The van der Waals surface area contributed by atoms with Crippen molar-refractivity contribution in [3.05, 3.63) is 0 Å². The van der Waals surface area contributed by atoms with Crippen LogP contribution in [-0.2, 0) is 4.74 Å². The van der Waals surface area contributed by atoms with Gasteiger partial charge in [-0.1, -0.05) is 13.8 Å². The van der Waals surface area contributed by atoms with Crippen LogP contribution in [0.1, 0.15) is 26.7 Å². The molecule has 1 rings (SSSR count). The summed E-state index contributed by atoms with van der Waals surface area (Å²) in [6.07, 6.45) is 2.53. The molecule has 1 aliphatic heterocycles. The minimum Gasteiger partial charge on any atom is -0.381 e. The molecule has 1 atom stereocenters. The molecular weight excluding hydrogens is 138 g/mol. The Kier molecular flexibility index (Phi) is 3.34. The lowest BCUT2D eigenvalue weighted by atomic mass is 9.85. The monoisotopic (exact) mass is 157 g/mol. The van der Waals surface area contributed by atoms with Crippen molar-refractivity contribution in [1.82, 2.24) is 5.32 Å². The number of nitrogens with one attached hydrogen (secondary N) is 1. The minimum atomic E-state index is 0.397. The molecule has 0 aromatic rings. The van der Waals surface area contributed by atoms with Crippen molar-refractivity contribution in [3.8, 4) is 0 Å². The van der Waals surface area contributed by atoms with Crippen LogP contribution in [0.15, 0.2) is 0 Å². The van der Waals surface area contributed by atoms with Crippen molar-refractivity contribution >= 4 is 0 Å². The molecule has 1 saturated heterocycles. The number of rotatable bonds is 3. The Hall–Kier alpha value is -0.0800. The summed E-state index contributed by atoms with van der Waals surface area (Å²) < 4.78 is 5.44. The number of hydrogen-bond acceptors (Lipinski definition) is 2. The fraction of sp³-hybridized carbons (Fsp3) is 1.00. The molecule has 0 saturated carbocycles. The zero-order chi connectivity index (χ0) is 8.16. The maximum Gasteiger partial charge on any atom is 0.0531 e. The Bertz CT molecular complexity index is 108. The van der Waals surface area contributed by atoms with E-state index in [1.807, 2.05) is 0 Å². The molecule has 1 aliphatic rings. The first-order valence-electron chi connectivity index (χ1n) is 4.55. The molecule has 0 unspecified atom stereocenters. The van der Waals surface area contributed by atoms with Gasteiger partial charge in [-0.15, -0.1) is 0 Å². The summed E-state index contributed by atoms with van der Waals surface area (Å²) in [7, 11) is 0. The summed E-state index contributed by atoms with van der Waals surface area (Å²) in [4.78, 5) is 0. The smallest absolute Gasteiger partial charge is 0.0531 e. The van der Waals surface area contributed by atoms with Crippen LogP contribution in [0.4, 0.5) is 0 Å². The Morgan fingerprint density at radius 2 is 2.36 bits per heavy atom. The van der Waals surface area contributed by atoms with Crippen LogP contribution in [0, 0.1) is 5.41 Å². The summed E-state index contributed by atoms with van der Waals surface area (Å²) in [5, 5.41) is 3.38. The second-order valence-electron chi connectivity index (χ2n) is 3.75. The van der Waals surface area contributed by atoms with E-state index in [9.17, 15) is 0 Å². The quantitative estimate of drug-likeness (QED) is 0.669. The highest BCUT2D eigenvalue weighted by Gasteiger charge is 2.26. The van der Waals surface area contributed by atoms with Crippen molar-refractivity contribution in [1.29, 1.82) is 0 Å². The van der Waals surface area contributed by atoms with Crippen LogP contribution < -0.4 is 5.32 Å². The zero-order valence-electron chi connectivity index (χ0n) is 7.65. The summed E-state index contributed by atoms with van der Waals surface area (Å²) in [5.41, 5.74) is 0.397. The van der Waals surface area contributed by atoms with Crippen LogP contribution >= 0.6 is 0 Å². The average Bonchev–Trinajstić information content (AvgIpc) is 2.03. The van der Waals surface area contributed by atoms with Gasteiger partial charge in [0.1, 0.15) is 0 Å². The lowest BCUT2D eigenvalue weighted by Gasteiger charge is -2.33. The number of ether oxygens (including phenoxy) is 1. The largest absolute Gasteiger partial charge is 0.381 e. The van der Waals surface area contributed by atoms with Gasteiger partial charge < -0.3 is 10.1 Å². The highest BCUT2D eigenvalue weighted by molar-refractivity contribution is 4.78. The van der Waals surface area contributed by atoms with Gasteiger partial charge in [0.25, 0.3) is 0 Å². The van der Waals surface area contributed by atoms with E-state index < -0.39 is 0 Å². The highest BCUT2D eigenvalue weighted by atomic mass is 16.5. The molecule has 1 fully saturated rings. The fourth-order valence-corrected chi connectivity index (χ4v) is 1.56. The molecule has 0 bridgehead atoms. The van der Waals surface area contributed by atoms with Gasteiger partial charge in [0, 0.05) is 18.6 Å². The summed E-state index contributed by atoms with van der Waals surface area (Å²) in [6.45, 7) is 8.50. The van der Waals surface area contributed by atoms with E-state index in [0.29, 0.717) is 5.41 Å². The molecule has 0 aromatic heterocycles. The fourth-order valence-electron chi connectivity index (χ4n) is 1.56. The maximum atomic E-state index is 5.44. The third-order valence-corrected chi connectivity index (χ3v) is 2.32. The van der Waals surface area contributed by atoms with Gasteiger partial charge in [0.15, 0.2) is 0 Å². The van der Waals surface area contributed by atoms with E-state index in [1.54, 1.807) is 0 Å². The summed E-state index contributed by atoms with van der Waals surface area (Å²) >= 11 is 0. The number of hydrogen-bond donors (Lipinski definition) is 1. The Balaban J connectivity index is 2.25. The molecule has 1 N–H and O–H groups in total. The van der Waals surface area contributed by atoms with Crippen molar-refractivity contribution in [2.75, 3.05) is 26.3 Å². The van der Waals surface area contributed by atoms with E-state index in [0.717, 1.165) is 26.3 Å². The average molecular weight is 157 g/mol. The molecule has 66 valence electrons. The molecule has 0 aromatic carbocycles. The molecule has 0 radical (unpaired) electrons. The van der Waals surface area contributed by atoms with E-state index in [2.05, 4.69) is 19.2 Å². The predicted molar refractivity (Wildman–Crippen MR) is 46.7 cm³/mol. The third kappa shape index (κ3) is 2.80. The van der Waals surface area contributed by atoms with Gasteiger partial charge in [0.2, 0.25) is 0 Å². The lowest BCUT2D eigenvalue weighted by molar-refractivity contribution is 0.00338. The van der Waals surface area contributed by atoms with Crippen LogP contribution in [0.2, 0.25) is 0 Å². The third-order valence-electron chi connectivity index (χ3n) is 2.32. The standard InChI is InChI=1S/C9H19NO/c1-3-10-7-9(2)5-4-6-11-8-9/h10H,3-8H2,1-2H3/t9-/m0/s1.